The lowest BCUT2D eigenvalue weighted by Crippen LogP contribution is -2.38. The van der Waals surface area contributed by atoms with E-state index in [0.717, 1.165) is 12.1 Å². The predicted octanol–water partition coefficient (Wildman–Crippen LogP) is 4.18. The summed E-state index contributed by atoms with van der Waals surface area (Å²) in [6.07, 6.45) is 2.80. The van der Waals surface area contributed by atoms with Crippen molar-refractivity contribution >= 4 is 5.97 Å². The van der Waals surface area contributed by atoms with E-state index in [2.05, 4.69) is 0 Å². The third kappa shape index (κ3) is 2.73. The summed E-state index contributed by atoms with van der Waals surface area (Å²) in [5.41, 5.74) is -0.976. The first-order chi connectivity index (χ1) is 9.81. The maximum atomic E-state index is 12.6. The summed E-state index contributed by atoms with van der Waals surface area (Å²) in [6, 6.07) is 4.73. The van der Waals surface area contributed by atoms with Gasteiger partial charge in [-0.2, -0.15) is 13.2 Å². The van der Waals surface area contributed by atoms with E-state index in [4.69, 9.17) is 0 Å². The molecule has 0 heterocycles. The number of carboxylic acid groups (broad SMARTS) is 1. The van der Waals surface area contributed by atoms with Crippen LogP contribution in [0, 0.1) is 5.92 Å². The molecule has 1 N–H and O–H groups in total. The number of hydrogen-bond donors (Lipinski definition) is 1. The number of allylic oxidation sites excluding steroid dienone is 3. The summed E-state index contributed by atoms with van der Waals surface area (Å²) >= 11 is 0. The van der Waals surface area contributed by atoms with E-state index in [1.165, 1.54) is 12.1 Å². The molecule has 112 valence electrons. The van der Waals surface area contributed by atoms with Gasteiger partial charge in [0.05, 0.1) is 11.5 Å². The number of halogens is 3. The lowest BCUT2D eigenvalue weighted by atomic mass is 9.66. The molecule has 0 fully saturated rings. The van der Waals surface area contributed by atoms with Crippen molar-refractivity contribution in [1.82, 2.24) is 0 Å². The van der Waals surface area contributed by atoms with Gasteiger partial charge in [-0.1, -0.05) is 43.4 Å². The minimum absolute atomic E-state index is 0.482. The summed E-state index contributed by atoms with van der Waals surface area (Å²) in [6.45, 7) is 1.83. The van der Waals surface area contributed by atoms with Crippen LogP contribution in [0.2, 0.25) is 0 Å². The van der Waals surface area contributed by atoms with Crippen LogP contribution >= 0.6 is 0 Å². The van der Waals surface area contributed by atoms with Gasteiger partial charge in [-0.3, -0.25) is 4.79 Å². The number of alkyl halides is 3. The topological polar surface area (TPSA) is 37.3 Å². The van der Waals surface area contributed by atoms with E-state index >= 15 is 0 Å². The van der Waals surface area contributed by atoms with Crippen LogP contribution in [0.25, 0.3) is 0 Å². The van der Waals surface area contributed by atoms with Gasteiger partial charge in [-0.25, -0.2) is 0 Å². The van der Waals surface area contributed by atoms with Crippen molar-refractivity contribution in [3.8, 4) is 0 Å². The minimum Gasteiger partial charge on any atom is -0.481 e. The van der Waals surface area contributed by atoms with Gasteiger partial charge in [0.1, 0.15) is 0 Å². The monoisotopic (exact) mass is 296 g/mol. The van der Waals surface area contributed by atoms with E-state index in [9.17, 15) is 23.1 Å². The quantitative estimate of drug-likeness (QED) is 0.908. The molecule has 2 rings (SSSR count). The highest BCUT2D eigenvalue weighted by atomic mass is 19.4. The zero-order valence-corrected chi connectivity index (χ0v) is 11.4. The molecule has 0 spiro atoms. The van der Waals surface area contributed by atoms with Crippen molar-refractivity contribution in [2.45, 2.75) is 24.9 Å². The van der Waals surface area contributed by atoms with Gasteiger partial charge >= 0.3 is 12.1 Å². The molecule has 0 aliphatic heterocycles. The van der Waals surface area contributed by atoms with Gasteiger partial charge in [-0.15, -0.1) is 0 Å². The molecule has 5 heteroatoms. The van der Waals surface area contributed by atoms with Crippen molar-refractivity contribution in [1.29, 1.82) is 0 Å². The molecule has 2 atom stereocenters. The fraction of sp³-hybridized carbons (Fsp3) is 0.312. The molecule has 0 amide bonds. The van der Waals surface area contributed by atoms with Crippen LogP contribution in [0.4, 0.5) is 13.2 Å². The summed E-state index contributed by atoms with van der Waals surface area (Å²) in [4.78, 5) is 11.5. The molecule has 21 heavy (non-hydrogen) atoms. The van der Waals surface area contributed by atoms with Crippen molar-refractivity contribution in [2.75, 3.05) is 0 Å². The molecular weight excluding hydrogens is 281 g/mol. The fourth-order valence-electron chi connectivity index (χ4n) is 2.77. The summed E-state index contributed by atoms with van der Waals surface area (Å²) < 4.78 is 37.9. The Kier molecular flexibility index (Phi) is 3.94. The summed E-state index contributed by atoms with van der Waals surface area (Å²) in [7, 11) is 0. The Morgan fingerprint density at radius 3 is 2.33 bits per heavy atom. The van der Waals surface area contributed by atoms with E-state index < -0.39 is 29.0 Å². The number of benzene rings is 1. The minimum atomic E-state index is -4.40. The van der Waals surface area contributed by atoms with Crippen LogP contribution in [-0.4, -0.2) is 11.1 Å². The Labute approximate surface area is 120 Å². The van der Waals surface area contributed by atoms with Crippen molar-refractivity contribution in [3.63, 3.8) is 0 Å². The highest BCUT2D eigenvalue weighted by molar-refractivity contribution is 5.76. The van der Waals surface area contributed by atoms with E-state index in [1.807, 2.05) is 6.92 Å². The number of carbonyl (C=O) groups is 1. The first-order valence-electron chi connectivity index (χ1n) is 6.58. The van der Waals surface area contributed by atoms with Gasteiger partial charge in [0.2, 0.25) is 0 Å². The van der Waals surface area contributed by atoms with Crippen LogP contribution in [-0.2, 0) is 16.4 Å². The predicted molar refractivity (Wildman–Crippen MR) is 72.8 cm³/mol. The molecule has 1 aliphatic carbocycles. The van der Waals surface area contributed by atoms with Gasteiger partial charge in [0, 0.05) is 5.41 Å². The molecule has 2 nitrogen and oxygen atoms in total. The Bertz CT molecular complexity index is 585. The second kappa shape index (κ2) is 5.39. The lowest BCUT2D eigenvalue weighted by molar-refractivity contribution is -0.142. The molecule has 2 unspecified atom stereocenters. The zero-order valence-electron chi connectivity index (χ0n) is 11.4. The highest BCUT2D eigenvalue weighted by Gasteiger charge is 2.41. The standard InChI is InChI=1S/C16H15F3O2/c1-2-15(10-4-3-5-13(15)14(20)21)11-6-8-12(9-7-11)16(17,18)19/h3-10,13H,2H2,1H3,(H,20,21). The van der Waals surface area contributed by atoms with Crippen molar-refractivity contribution in [2.24, 2.45) is 5.92 Å². The first-order valence-corrected chi connectivity index (χ1v) is 6.58. The average Bonchev–Trinajstić information content (AvgIpc) is 2.46. The van der Waals surface area contributed by atoms with Crippen LogP contribution in [0.1, 0.15) is 24.5 Å². The number of aliphatic carboxylic acids is 1. The van der Waals surface area contributed by atoms with Crippen LogP contribution in [0.5, 0.6) is 0 Å². The largest absolute Gasteiger partial charge is 0.481 e. The second-order valence-corrected chi connectivity index (χ2v) is 5.03. The molecule has 1 aromatic carbocycles. The van der Waals surface area contributed by atoms with Crippen LogP contribution < -0.4 is 0 Å². The van der Waals surface area contributed by atoms with Gasteiger partial charge < -0.3 is 5.11 Å². The Balaban J connectivity index is 2.48. The maximum Gasteiger partial charge on any atom is 0.416 e. The normalized spacial score (nSPS) is 25.0. The maximum absolute atomic E-state index is 12.6. The van der Waals surface area contributed by atoms with Crippen LogP contribution in [0.3, 0.4) is 0 Å². The lowest BCUT2D eigenvalue weighted by Gasteiger charge is -2.36. The molecule has 0 aromatic heterocycles. The molecule has 1 aliphatic rings. The number of rotatable bonds is 3. The third-order valence-electron chi connectivity index (χ3n) is 3.96. The van der Waals surface area contributed by atoms with E-state index in [1.54, 1.807) is 24.3 Å². The van der Waals surface area contributed by atoms with Crippen LogP contribution in [0.15, 0.2) is 48.6 Å². The first kappa shape index (κ1) is 15.4. The van der Waals surface area contributed by atoms with Crippen molar-refractivity contribution in [3.05, 3.63) is 59.7 Å². The van der Waals surface area contributed by atoms with Gasteiger partial charge in [-0.05, 0) is 24.1 Å². The van der Waals surface area contributed by atoms with E-state index in [0.29, 0.717) is 12.0 Å². The Hall–Kier alpha value is -2.04. The SMILES string of the molecule is CCC1(c2ccc(C(F)(F)F)cc2)C=CC=CC1C(=O)O. The van der Waals surface area contributed by atoms with Gasteiger partial charge in [0.25, 0.3) is 0 Å². The summed E-state index contributed by atoms with van der Waals surface area (Å²) in [5, 5.41) is 9.39. The third-order valence-corrected chi connectivity index (χ3v) is 3.96. The zero-order chi connectivity index (χ0) is 15.7. The number of carboxylic acids is 1. The fourth-order valence-corrected chi connectivity index (χ4v) is 2.77. The molecule has 0 saturated carbocycles. The smallest absolute Gasteiger partial charge is 0.416 e. The Morgan fingerprint density at radius 1 is 1.24 bits per heavy atom. The molecular formula is C16H15F3O2. The number of hydrogen-bond acceptors (Lipinski definition) is 1. The molecule has 0 bridgehead atoms. The molecule has 1 aromatic rings. The molecule has 0 radical (unpaired) electrons. The van der Waals surface area contributed by atoms with Gasteiger partial charge in [0.15, 0.2) is 0 Å². The molecule has 0 saturated heterocycles. The Morgan fingerprint density at radius 2 is 1.86 bits per heavy atom. The van der Waals surface area contributed by atoms with Crippen molar-refractivity contribution < 1.29 is 23.1 Å². The highest BCUT2D eigenvalue weighted by Crippen LogP contribution is 2.41. The summed E-state index contributed by atoms with van der Waals surface area (Å²) in [5.74, 6) is -1.78. The average molecular weight is 296 g/mol. The second-order valence-electron chi connectivity index (χ2n) is 5.03. The van der Waals surface area contributed by atoms with E-state index in [-0.39, 0.29) is 0 Å².